The first kappa shape index (κ1) is 12.1. The van der Waals surface area contributed by atoms with Crippen LogP contribution in [0.15, 0.2) is 6.07 Å². The summed E-state index contributed by atoms with van der Waals surface area (Å²) < 4.78 is 0.902. The lowest BCUT2D eigenvalue weighted by atomic mass is 10.1. The normalized spacial score (nSPS) is 9.07. The maximum Gasteiger partial charge on any atom is 0.301 e. The van der Waals surface area contributed by atoms with E-state index in [2.05, 4.69) is 0 Å². The molecule has 0 aliphatic rings. The number of nitro benzene ring substituents is 1. The number of hydrogen-bond donors (Lipinski definition) is 0. The molecule has 0 spiro atoms. The molecule has 0 radical (unpaired) electrons. The van der Waals surface area contributed by atoms with Gasteiger partial charge in [0.25, 0.3) is 0 Å². The number of rotatable bonds is 1. The fourth-order valence-corrected chi connectivity index (χ4v) is 3.08. The van der Waals surface area contributed by atoms with Crippen molar-refractivity contribution in [2.24, 2.45) is 0 Å². The van der Waals surface area contributed by atoms with E-state index in [0.29, 0.717) is 7.14 Å². The van der Waals surface area contributed by atoms with Gasteiger partial charge in [-0.3, -0.25) is 10.1 Å². The number of benzene rings is 1. The summed E-state index contributed by atoms with van der Waals surface area (Å²) >= 11 is 3.65. The molecule has 0 aliphatic carbocycles. The van der Waals surface area contributed by atoms with Crippen molar-refractivity contribution in [1.82, 2.24) is 0 Å². The van der Waals surface area contributed by atoms with E-state index >= 15 is 0 Å². The van der Waals surface area contributed by atoms with Crippen LogP contribution in [0, 0.1) is 39.9 Å². The SMILES string of the molecule is N#Cc1c(I)cc(I)c([N+](=O)[O-])c1C#N. The average molecular weight is 425 g/mol. The molecule has 1 aromatic rings. The van der Waals surface area contributed by atoms with Gasteiger partial charge in [0, 0.05) is 3.57 Å². The van der Waals surface area contributed by atoms with Crippen LogP contribution < -0.4 is 0 Å². The monoisotopic (exact) mass is 425 g/mol. The van der Waals surface area contributed by atoms with Crippen molar-refractivity contribution < 1.29 is 4.92 Å². The van der Waals surface area contributed by atoms with Crippen molar-refractivity contribution in [2.75, 3.05) is 0 Å². The van der Waals surface area contributed by atoms with Crippen LogP contribution in [0.2, 0.25) is 0 Å². The van der Waals surface area contributed by atoms with Gasteiger partial charge in [0.05, 0.1) is 14.1 Å². The molecule has 74 valence electrons. The maximum atomic E-state index is 10.7. The van der Waals surface area contributed by atoms with Gasteiger partial charge in [-0.2, -0.15) is 10.5 Å². The van der Waals surface area contributed by atoms with Crippen molar-refractivity contribution in [3.63, 3.8) is 0 Å². The molecular weight excluding hydrogens is 424 g/mol. The molecule has 0 bridgehead atoms. The van der Waals surface area contributed by atoms with Crippen molar-refractivity contribution >= 4 is 50.9 Å². The third kappa shape index (κ3) is 2.18. The minimum Gasteiger partial charge on any atom is -0.258 e. The molecule has 0 amide bonds. The van der Waals surface area contributed by atoms with Crippen LogP contribution in [-0.2, 0) is 0 Å². The van der Waals surface area contributed by atoms with Gasteiger partial charge >= 0.3 is 5.69 Å². The molecule has 0 heterocycles. The summed E-state index contributed by atoms with van der Waals surface area (Å²) in [5, 5.41) is 28.3. The molecule has 0 saturated carbocycles. The largest absolute Gasteiger partial charge is 0.301 e. The predicted molar refractivity (Wildman–Crippen MR) is 68.0 cm³/mol. The van der Waals surface area contributed by atoms with E-state index in [1.54, 1.807) is 34.7 Å². The Morgan fingerprint density at radius 1 is 1.20 bits per heavy atom. The standard InChI is InChI=1S/C8HI2N3O2/c9-6-1-7(10)8(13(14)15)5(3-12)4(6)2-11/h1H. The highest BCUT2D eigenvalue weighted by Gasteiger charge is 2.24. The molecule has 0 atom stereocenters. The number of nitro groups is 1. The van der Waals surface area contributed by atoms with Gasteiger partial charge in [0.1, 0.15) is 17.7 Å². The van der Waals surface area contributed by atoms with Gasteiger partial charge in [-0.1, -0.05) is 0 Å². The van der Waals surface area contributed by atoms with Crippen LogP contribution in [0.4, 0.5) is 5.69 Å². The van der Waals surface area contributed by atoms with Crippen LogP contribution >= 0.6 is 45.2 Å². The molecule has 1 rings (SSSR count). The van der Waals surface area contributed by atoms with Crippen LogP contribution in [0.3, 0.4) is 0 Å². The van der Waals surface area contributed by atoms with E-state index in [-0.39, 0.29) is 16.8 Å². The van der Waals surface area contributed by atoms with Crippen LogP contribution in [-0.4, -0.2) is 4.92 Å². The van der Waals surface area contributed by atoms with E-state index < -0.39 is 4.92 Å². The molecule has 15 heavy (non-hydrogen) atoms. The van der Waals surface area contributed by atoms with Gasteiger partial charge in [-0.05, 0) is 51.2 Å². The summed E-state index contributed by atoms with van der Waals surface area (Å²) in [5.74, 6) is 0. The first-order valence-corrected chi connectivity index (χ1v) is 5.65. The maximum absolute atomic E-state index is 10.7. The minimum atomic E-state index is -0.642. The molecule has 0 saturated heterocycles. The van der Waals surface area contributed by atoms with Crippen LogP contribution in [0.5, 0.6) is 0 Å². The van der Waals surface area contributed by atoms with Crippen molar-refractivity contribution in [3.05, 3.63) is 34.4 Å². The fraction of sp³-hybridized carbons (Fsp3) is 0. The van der Waals surface area contributed by atoms with Gasteiger partial charge < -0.3 is 0 Å². The number of halogens is 2. The molecule has 0 aromatic heterocycles. The molecule has 5 nitrogen and oxygen atoms in total. The average Bonchev–Trinajstić information content (AvgIpc) is 2.15. The summed E-state index contributed by atoms with van der Waals surface area (Å²) in [6, 6.07) is 5.02. The van der Waals surface area contributed by atoms with Crippen molar-refractivity contribution in [1.29, 1.82) is 10.5 Å². The first-order valence-electron chi connectivity index (χ1n) is 3.49. The molecule has 0 fully saturated rings. The van der Waals surface area contributed by atoms with E-state index in [1.807, 2.05) is 22.6 Å². The van der Waals surface area contributed by atoms with Crippen molar-refractivity contribution in [2.45, 2.75) is 0 Å². The fourth-order valence-electron chi connectivity index (χ4n) is 1.01. The lowest BCUT2D eigenvalue weighted by Crippen LogP contribution is -2.00. The summed E-state index contributed by atoms with van der Waals surface area (Å²) in [6.07, 6.45) is 0. The quantitative estimate of drug-likeness (QED) is 0.393. The number of nitriles is 2. The minimum absolute atomic E-state index is 0.0604. The van der Waals surface area contributed by atoms with Gasteiger partial charge in [-0.15, -0.1) is 0 Å². The molecule has 7 heteroatoms. The lowest BCUT2D eigenvalue weighted by molar-refractivity contribution is -0.386. The Morgan fingerprint density at radius 2 is 1.73 bits per heavy atom. The zero-order valence-electron chi connectivity index (χ0n) is 6.99. The highest BCUT2D eigenvalue weighted by atomic mass is 127. The van der Waals surface area contributed by atoms with E-state index in [9.17, 15) is 10.1 Å². The number of hydrogen-bond acceptors (Lipinski definition) is 4. The number of nitrogens with zero attached hydrogens (tertiary/aromatic N) is 3. The highest BCUT2D eigenvalue weighted by Crippen LogP contribution is 2.30. The predicted octanol–water partition coefficient (Wildman–Crippen LogP) is 2.55. The van der Waals surface area contributed by atoms with Crippen molar-refractivity contribution in [3.8, 4) is 12.1 Å². The second-order valence-corrected chi connectivity index (χ2v) is 4.74. The summed E-state index contributed by atoms with van der Waals surface area (Å²) in [5.41, 5.74) is -0.404. The van der Waals surface area contributed by atoms with E-state index in [0.717, 1.165) is 0 Å². The van der Waals surface area contributed by atoms with E-state index in [1.165, 1.54) is 6.07 Å². The van der Waals surface area contributed by atoms with E-state index in [4.69, 9.17) is 10.5 Å². The van der Waals surface area contributed by atoms with Crippen LogP contribution in [0.25, 0.3) is 0 Å². The Morgan fingerprint density at radius 3 is 2.13 bits per heavy atom. The van der Waals surface area contributed by atoms with Crippen LogP contribution in [0.1, 0.15) is 11.1 Å². The Balaban J connectivity index is 3.76. The third-order valence-corrected chi connectivity index (χ3v) is 3.28. The molecule has 0 aliphatic heterocycles. The molecular formula is C8HI2N3O2. The summed E-state index contributed by atoms with van der Waals surface area (Å²) in [4.78, 5) is 10.1. The molecule has 0 N–H and O–H groups in total. The molecule has 0 unspecified atom stereocenters. The highest BCUT2D eigenvalue weighted by molar-refractivity contribution is 14.1. The lowest BCUT2D eigenvalue weighted by Gasteiger charge is -2.01. The Kier molecular flexibility index (Phi) is 3.82. The Hall–Kier alpha value is -0.940. The van der Waals surface area contributed by atoms with Gasteiger partial charge in [0.2, 0.25) is 0 Å². The first-order chi connectivity index (χ1) is 7.02. The van der Waals surface area contributed by atoms with Gasteiger partial charge in [0.15, 0.2) is 0 Å². The second-order valence-electron chi connectivity index (χ2n) is 2.42. The summed E-state index contributed by atoms with van der Waals surface area (Å²) in [7, 11) is 0. The van der Waals surface area contributed by atoms with Gasteiger partial charge in [-0.25, -0.2) is 0 Å². The summed E-state index contributed by atoms with van der Waals surface area (Å²) in [6.45, 7) is 0. The Bertz CT molecular complexity index is 528. The molecule has 1 aromatic carbocycles. The zero-order chi connectivity index (χ0) is 11.6. The Labute approximate surface area is 112 Å². The third-order valence-electron chi connectivity index (χ3n) is 1.61. The zero-order valence-corrected chi connectivity index (χ0v) is 11.3. The second kappa shape index (κ2) is 4.72. The smallest absolute Gasteiger partial charge is 0.258 e. The topological polar surface area (TPSA) is 90.7 Å².